The summed E-state index contributed by atoms with van der Waals surface area (Å²) in [7, 11) is 0. The number of aliphatic carboxylic acids is 1. The van der Waals surface area contributed by atoms with E-state index in [9.17, 15) is 4.79 Å². The first-order valence-electron chi connectivity index (χ1n) is 5.44. The normalized spacial score (nSPS) is 10.8. The Morgan fingerprint density at radius 2 is 1.95 bits per heavy atom. The number of carboxylic acids is 1. The van der Waals surface area contributed by atoms with Gasteiger partial charge in [-0.05, 0) is 19.1 Å². The Bertz CT molecular complexity index is 673. The molecule has 0 saturated heterocycles. The molecule has 20 heavy (non-hydrogen) atoms. The zero-order valence-corrected chi connectivity index (χ0v) is 13.3. The molecule has 0 bridgehead atoms. The number of carboxylic acid groups (broad SMARTS) is 1. The van der Waals surface area contributed by atoms with Crippen molar-refractivity contribution < 1.29 is 9.90 Å². The predicted octanol–water partition coefficient (Wildman–Crippen LogP) is 4.32. The van der Waals surface area contributed by atoms with Crippen LogP contribution in [0.4, 0.5) is 0 Å². The molecule has 4 nitrogen and oxygen atoms in total. The number of thioether (sulfide) groups is 1. The summed E-state index contributed by atoms with van der Waals surface area (Å²) in [4.78, 5) is 14.9. The summed E-state index contributed by atoms with van der Waals surface area (Å²) < 4.78 is 1.75. The summed E-state index contributed by atoms with van der Waals surface area (Å²) in [6.07, 6.45) is 1.64. The second-order valence-electron chi connectivity index (χ2n) is 3.92. The first-order chi connectivity index (χ1) is 9.40. The second kappa shape index (κ2) is 6.26. The molecule has 1 aromatic carbocycles. The van der Waals surface area contributed by atoms with Gasteiger partial charge in [-0.15, -0.1) is 0 Å². The van der Waals surface area contributed by atoms with Gasteiger partial charge in [0.2, 0.25) is 0 Å². The first-order valence-corrected chi connectivity index (χ1v) is 7.56. The average molecular weight is 352 g/mol. The molecule has 0 radical (unpaired) electrons. The number of hydrogen-bond donors (Lipinski definition) is 1. The van der Waals surface area contributed by atoms with Gasteiger partial charge in [0.15, 0.2) is 5.16 Å². The Balaban J connectivity index is 2.49. The van der Waals surface area contributed by atoms with Gasteiger partial charge in [-0.1, -0.05) is 46.6 Å². The highest BCUT2D eigenvalue weighted by molar-refractivity contribution is 7.99. The SMILES string of the molecule is Cc1cnc(SCC(=O)O)n1-c1cc(Cl)c(Cl)cc1Cl. The van der Waals surface area contributed by atoms with E-state index >= 15 is 0 Å². The molecule has 0 aliphatic heterocycles. The van der Waals surface area contributed by atoms with E-state index in [2.05, 4.69) is 4.98 Å². The summed E-state index contributed by atoms with van der Waals surface area (Å²) in [6, 6.07) is 3.18. The van der Waals surface area contributed by atoms with E-state index in [1.807, 2.05) is 6.92 Å². The number of halogens is 3. The van der Waals surface area contributed by atoms with Gasteiger partial charge in [0.05, 0.1) is 26.5 Å². The highest BCUT2D eigenvalue weighted by atomic mass is 35.5. The molecule has 1 aromatic heterocycles. The summed E-state index contributed by atoms with van der Waals surface area (Å²) >= 11 is 19.2. The zero-order valence-electron chi connectivity index (χ0n) is 10.2. The fourth-order valence-electron chi connectivity index (χ4n) is 1.62. The highest BCUT2D eigenvalue weighted by Crippen LogP contribution is 2.34. The van der Waals surface area contributed by atoms with Gasteiger partial charge >= 0.3 is 5.97 Å². The van der Waals surface area contributed by atoms with Crippen molar-refractivity contribution in [3.05, 3.63) is 39.1 Å². The van der Waals surface area contributed by atoms with Crippen LogP contribution in [-0.2, 0) is 4.79 Å². The minimum absolute atomic E-state index is 0.0879. The van der Waals surface area contributed by atoms with Crippen molar-refractivity contribution in [1.82, 2.24) is 9.55 Å². The standard InChI is InChI=1S/C12H9Cl3N2O2S/c1-6-4-16-12(20-5-11(18)19)17(6)10-3-8(14)7(13)2-9(10)15/h2-4H,5H2,1H3,(H,18,19). The summed E-state index contributed by atoms with van der Waals surface area (Å²) in [6.45, 7) is 1.84. The number of imidazole rings is 1. The molecule has 0 fully saturated rings. The van der Waals surface area contributed by atoms with Gasteiger partial charge in [-0.25, -0.2) is 4.98 Å². The molecule has 2 aromatic rings. The van der Waals surface area contributed by atoms with Crippen LogP contribution in [-0.4, -0.2) is 26.4 Å². The van der Waals surface area contributed by atoms with E-state index in [-0.39, 0.29) is 5.75 Å². The minimum atomic E-state index is -0.914. The van der Waals surface area contributed by atoms with E-state index in [0.29, 0.717) is 25.9 Å². The number of benzene rings is 1. The predicted molar refractivity (Wildman–Crippen MR) is 81.7 cm³/mol. The van der Waals surface area contributed by atoms with Crippen LogP contribution < -0.4 is 0 Å². The molecule has 0 amide bonds. The lowest BCUT2D eigenvalue weighted by Gasteiger charge is -2.12. The van der Waals surface area contributed by atoms with Crippen molar-refractivity contribution in [3.63, 3.8) is 0 Å². The Morgan fingerprint density at radius 1 is 1.30 bits per heavy atom. The molecule has 8 heteroatoms. The van der Waals surface area contributed by atoms with Gasteiger partial charge in [0.25, 0.3) is 0 Å². The van der Waals surface area contributed by atoms with Crippen molar-refractivity contribution in [3.8, 4) is 5.69 Å². The summed E-state index contributed by atoms with van der Waals surface area (Å²) in [5, 5.41) is 10.4. The number of nitrogens with zero attached hydrogens (tertiary/aromatic N) is 2. The van der Waals surface area contributed by atoms with Crippen LogP contribution in [0.1, 0.15) is 5.69 Å². The molecule has 1 heterocycles. The number of aromatic nitrogens is 2. The maximum absolute atomic E-state index is 10.7. The van der Waals surface area contributed by atoms with Crippen LogP contribution in [0, 0.1) is 6.92 Å². The fourth-order valence-corrected chi connectivity index (χ4v) is 3.00. The largest absolute Gasteiger partial charge is 0.481 e. The van der Waals surface area contributed by atoms with Crippen molar-refractivity contribution in [1.29, 1.82) is 0 Å². The van der Waals surface area contributed by atoms with Gasteiger partial charge in [-0.2, -0.15) is 0 Å². The molecule has 0 unspecified atom stereocenters. The third-order valence-corrected chi connectivity index (χ3v) is 4.42. The summed E-state index contributed by atoms with van der Waals surface area (Å²) in [5.41, 5.74) is 1.43. The van der Waals surface area contributed by atoms with Crippen LogP contribution in [0.5, 0.6) is 0 Å². The topological polar surface area (TPSA) is 55.1 Å². The van der Waals surface area contributed by atoms with Gasteiger partial charge in [-0.3, -0.25) is 9.36 Å². The van der Waals surface area contributed by atoms with Gasteiger partial charge in [0, 0.05) is 11.9 Å². The number of rotatable bonds is 4. The highest BCUT2D eigenvalue weighted by Gasteiger charge is 2.15. The number of aryl methyl sites for hydroxylation is 1. The van der Waals surface area contributed by atoms with Crippen molar-refractivity contribution in [2.24, 2.45) is 0 Å². The molecule has 106 valence electrons. The lowest BCUT2D eigenvalue weighted by Crippen LogP contribution is -2.03. The number of hydrogen-bond acceptors (Lipinski definition) is 3. The molecular formula is C12H9Cl3N2O2S. The van der Waals surface area contributed by atoms with E-state index in [4.69, 9.17) is 39.9 Å². The molecular weight excluding hydrogens is 343 g/mol. The molecule has 0 spiro atoms. The Kier molecular flexibility index (Phi) is 4.86. The quantitative estimate of drug-likeness (QED) is 0.658. The van der Waals surface area contributed by atoms with Gasteiger partial charge < -0.3 is 5.11 Å². The van der Waals surface area contributed by atoms with Crippen LogP contribution >= 0.6 is 46.6 Å². The van der Waals surface area contributed by atoms with Crippen molar-refractivity contribution in [2.45, 2.75) is 12.1 Å². The van der Waals surface area contributed by atoms with Crippen molar-refractivity contribution >= 4 is 52.5 Å². The molecule has 0 atom stereocenters. The van der Waals surface area contributed by atoms with E-state index < -0.39 is 5.97 Å². The lowest BCUT2D eigenvalue weighted by molar-refractivity contribution is -0.133. The lowest BCUT2D eigenvalue weighted by atomic mass is 10.3. The zero-order chi connectivity index (χ0) is 14.9. The van der Waals surface area contributed by atoms with Crippen LogP contribution in [0.3, 0.4) is 0 Å². The molecule has 0 saturated carbocycles. The molecule has 0 aliphatic carbocycles. The average Bonchev–Trinajstić information content (AvgIpc) is 2.73. The third-order valence-electron chi connectivity index (χ3n) is 2.46. The Hall–Kier alpha value is -0.880. The second-order valence-corrected chi connectivity index (χ2v) is 6.08. The summed E-state index contributed by atoms with van der Waals surface area (Å²) in [5.74, 6) is -1.00. The Morgan fingerprint density at radius 3 is 2.60 bits per heavy atom. The minimum Gasteiger partial charge on any atom is -0.481 e. The van der Waals surface area contributed by atoms with Crippen LogP contribution in [0.15, 0.2) is 23.5 Å². The van der Waals surface area contributed by atoms with Crippen LogP contribution in [0.25, 0.3) is 5.69 Å². The van der Waals surface area contributed by atoms with Crippen LogP contribution in [0.2, 0.25) is 15.1 Å². The fraction of sp³-hybridized carbons (Fsp3) is 0.167. The molecule has 1 N–H and O–H groups in total. The number of carbonyl (C=O) groups is 1. The monoisotopic (exact) mass is 350 g/mol. The maximum Gasteiger partial charge on any atom is 0.313 e. The van der Waals surface area contributed by atoms with E-state index in [1.54, 1.807) is 22.9 Å². The van der Waals surface area contributed by atoms with Gasteiger partial charge in [0.1, 0.15) is 0 Å². The molecule has 0 aliphatic rings. The third kappa shape index (κ3) is 3.23. The van der Waals surface area contributed by atoms with Crippen molar-refractivity contribution in [2.75, 3.05) is 5.75 Å². The maximum atomic E-state index is 10.7. The first kappa shape index (κ1) is 15.5. The smallest absolute Gasteiger partial charge is 0.313 e. The Labute approximate surface area is 134 Å². The van der Waals surface area contributed by atoms with E-state index in [0.717, 1.165) is 17.5 Å². The molecule has 2 rings (SSSR count). The van der Waals surface area contributed by atoms with E-state index in [1.165, 1.54) is 0 Å².